The van der Waals surface area contributed by atoms with Gasteiger partial charge in [-0.3, -0.25) is 4.90 Å². The Morgan fingerprint density at radius 1 is 1.24 bits per heavy atom. The molecule has 1 saturated heterocycles. The number of halogens is 2. The molecule has 2 nitrogen and oxygen atoms in total. The monoisotopic (exact) mass is 354 g/mol. The Morgan fingerprint density at radius 3 is 2.76 bits per heavy atom. The maximum atomic E-state index is 13.5. The number of benzene rings is 1. The minimum Gasteiger partial charge on any atom is -0.329 e. The van der Waals surface area contributed by atoms with E-state index in [-0.39, 0.29) is 11.9 Å². The predicted octanol–water partition coefficient (Wildman–Crippen LogP) is 4.24. The SMILES string of the molecule is NCC(c1ccc(F)c(Br)c1)N1CCCC2CCCCC21. The van der Waals surface area contributed by atoms with E-state index in [9.17, 15) is 4.39 Å². The van der Waals surface area contributed by atoms with Crippen molar-refractivity contribution >= 4 is 15.9 Å². The fourth-order valence-corrected chi connectivity index (χ4v) is 4.63. The number of likely N-dealkylation sites (tertiary alicyclic amines) is 1. The molecule has 4 heteroatoms. The normalized spacial score (nSPS) is 28.1. The van der Waals surface area contributed by atoms with Crippen LogP contribution in [-0.4, -0.2) is 24.0 Å². The first-order valence-corrected chi connectivity index (χ1v) is 8.90. The van der Waals surface area contributed by atoms with Crippen LogP contribution in [0.25, 0.3) is 0 Å². The van der Waals surface area contributed by atoms with Crippen LogP contribution in [0.2, 0.25) is 0 Å². The third kappa shape index (κ3) is 3.17. The fourth-order valence-electron chi connectivity index (χ4n) is 4.23. The molecule has 1 heterocycles. The average molecular weight is 355 g/mol. The highest BCUT2D eigenvalue weighted by Crippen LogP contribution is 2.39. The molecule has 2 aliphatic rings. The van der Waals surface area contributed by atoms with E-state index in [0.717, 1.165) is 18.0 Å². The van der Waals surface area contributed by atoms with Crippen LogP contribution < -0.4 is 5.73 Å². The summed E-state index contributed by atoms with van der Waals surface area (Å²) in [6.45, 7) is 1.72. The molecule has 3 unspecified atom stereocenters. The summed E-state index contributed by atoms with van der Waals surface area (Å²) in [6.07, 6.45) is 8.01. The van der Waals surface area contributed by atoms with E-state index >= 15 is 0 Å². The smallest absolute Gasteiger partial charge is 0.137 e. The van der Waals surface area contributed by atoms with E-state index in [1.54, 1.807) is 6.07 Å². The van der Waals surface area contributed by atoms with Gasteiger partial charge in [-0.2, -0.15) is 0 Å². The van der Waals surface area contributed by atoms with E-state index < -0.39 is 0 Å². The van der Waals surface area contributed by atoms with Crippen LogP contribution in [0.4, 0.5) is 4.39 Å². The van der Waals surface area contributed by atoms with Crippen molar-refractivity contribution in [1.82, 2.24) is 4.90 Å². The second-order valence-corrected chi connectivity index (χ2v) is 7.27. The number of nitrogens with zero attached hydrogens (tertiary/aromatic N) is 1. The van der Waals surface area contributed by atoms with Crippen molar-refractivity contribution in [1.29, 1.82) is 0 Å². The summed E-state index contributed by atoms with van der Waals surface area (Å²) >= 11 is 3.30. The molecular weight excluding hydrogens is 331 g/mol. The van der Waals surface area contributed by atoms with Crippen molar-refractivity contribution in [2.75, 3.05) is 13.1 Å². The number of rotatable bonds is 3. The van der Waals surface area contributed by atoms with Crippen LogP contribution >= 0.6 is 15.9 Å². The van der Waals surface area contributed by atoms with Gasteiger partial charge in [0.15, 0.2) is 0 Å². The molecule has 2 N–H and O–H groups in total. The van der Waals surface area contributed by atoms with Gasteiger partial charge in [0.25, 0.3) is 0 Å². The van der Waals surface area contributed by atoms with Gasteiger partial charge in [0.2, 0.25) is 0 Å². The van der Waals surface area contributed by atoms with Gasteiger partial charge in [0.05, 0.1) is 4.47 Å². The van der Waals surface area contributed by atoms with Crippen molar-refractivity contribution < 1.29 is 4.39 Å². The quantitative estimate of drug-likeness (QED) is 0.879. The summed E-state index contributed by atoms with van der Waals surface area (Å²) in [7, 11) is 0. The highest BCUT2D eigenvalue weighted by Gasteiger charge is 2.36. The molecule has 1 aliphatic heterocycles. The van der Waals surface area contributed by atoms with Crippen LogP contribution in [0, 0.1) is 11.7 Å². The molecular formula is C17H24BrFN2. The molecule has 2 fully saturated rings. The second kappa shape index (κ2) is 6.76. The molecule has 21 heavy (non-hydrogen) atoms. The zero-order chi connectivity index (χ0) is 14.8. The van der Waals surface area contributed by atoms with Crippen LogP contribution in [-0.2, 0) is 0 Å². The van der Waals surface area contributed by atoms with Gasteiger partial charge in [-0.15, -0.1) is 0 Å². The number of fused-ring (bicyclic) bond motifs is 1. The molecule has 0 aromatic heterocycles. The summed E-state index contributed by atoms with van der Waals surface area (Å²) in [5.41, 5.74) is 7.23. The molecule has 1 aromatic carbocycles. The maximum Gasteiger partial charge on any atom is 0.137 e. The Bertz CT molecular complexity index is 492. The van der Waals surface area contributed by atoms with Gasteiger partial charge in [0.1, 0.15) is 5.82 Å². The Labute approximate surface area is 135 Å². The van der Waals surface area contributed by atoms with Crippen LogP contribution in [0.1, 0.15) is 50.1 Å². The van der Waals surface area contributed by atoms with Gasteiger partial charge in [0, 0.05) is 18.6 Å². The van der Waals surface area contributed by atoms with Gasteiger partial charge in [-0.1, -0.05) is 18.9 Å². The fraction of sp³-hybridized carbons (Fsp3) is 0.647. The minimum absolute atomic E-state index is 0.205. The lowest BCUT2D eigenvalue weighted by Crippen LogP contribution is -2.50. The Morgan fingerprint density at radius 2 is 2.00 bits per heavy atom. The van der Waals surface area contributed by atoms with Crippen LogP contribution in [0.5, 0.6) is 0 Å². The number of nitrogens with two attached hydrogens (primary N) is 1. The lowest BCUT2D eigenvalue weighted by Gasteiger charge is -2.47. The molecule has 0 bridgehead atoms. The molecule has 1 aliphatic carbocycles. The maximum absolute atomic E-state index is 13.5. The Hall–Kier alpha value is -0.450. The summed E-state index contributed by atoms with van der Waals surface area (Å²) < 4.78 is 14.0. The van der Waals surface area contributed by atoms with E-state index in [0.29, 0.717) is 17.1 Å². The largest absolute Gasteiger partial charge is 0.329 e. The average Bonchev–Trinajstić information content (AvgIpc) is 2.52. The van der Waals surface area contributed by atoms with E-state index in [1.807, 2.05) is 12.1 Å². The second-order valence-electron chi connectivity index (χ2n) is 6.42. The highest BCUT2D eigenvalue weighted by atomic mass is 79.9. The number of hydrogen-bond acceptors (Lipinski definition) is 2. The topological polar surface area (TPSA) is 29.3 Å². The molecule has 1 saturated carbocycles. The number of hydrogen-bond donors (Lipinski definition) is 1. The molecule has 0 radical (unpaired) electrons. The van der Waals surface area contributed by atoms with Gasteiger partial charge < -0.3 is 5.73 Å². The predicted molar refractivity (Wildman–Crippen MR) is 87.6 cm³/mol. The minimum atomic E-state index is -0.205. The summed E-state index contributed by atoms with van der Waals surface area (Å²) in [4.78, 5) is 2.60. The summed E-state index contributed by atoms with van der Waals surface area (Å²) in [6, 6.07) is 6.23. The standard InChI is InChI=1S/C17H24BrFN2/c18-14-10-13(7-8-15(14)19)17(11-20)21-9-3-5-12-4-1-2-6-16(12)21/h7-8,10,12,16-17H,1-6,9,11,20H2. The van der Waals surface area contributed by atoms with E-state index in [2.05, 4.69) is 20.8 Å². The van der Waals surface area contributed by atoms with Gasteiger partial charge in [-0.25, -0.2) is 4.39 Å². The lowest BCUT2D eigenvalue weighted by atomic mass is 9.77. The third-order valence-electron chi connectivity index (χ3n) is 5.24. The first-order valence-electron chi connectivity index (χ1n) is 8.11. The summed E-state index contributed by atoms with van der Waals surface area (Å²) in [5, 5.41) is 0. The molecule has 0 spiro atoms. The zero-order valence-corrected chi connectivity index (χ0v) is 14.0. The molecule has 1 aromatic rings. The molecule has 0 amide bonds. The van der Waals surface area contributed by atoms with Crippen molar-refractivity contribution in [2.24, 2.45) is 11.7 Å². The van der Waals surface area contributed by atoms with E-state index in [1.165, 1.54) is 38.5 Å². The van der Waals surface area contributed by atoms with Crippen molar-refractivity contribution in [3.8, 4) is 0 Å². The number of piperidine rings is 1. The third-order valence-corrected chi connectivity index (χ3v) is 5.85. The van der Waals surface area contributed by atoms with Crippen molar-refractivity contribution in [3.63, 3.8) is 0 Å². The van der Waals surface area contributed by atoms with Gasteiger partial charge in [-0.05, 0) is 71.8 Å². The first kappa shape index (κ1) is 15.4. The highest BCUT2D eigenvalue weighted by molar-refractivity contribution is 9.10. The molecule has 116 valence electrons. The van der Waals surface area contributed by atoms with Gasteiger partial charge >= 0.3 is 0 Å². The van der Waals surface area contributed by atoms with Crippen molar-refractivity contribution in [2.45, 2.75) is 50.6 Å². The van der Waals surface area contributed by atoms with Crippen molar-refractivity contribution in [3.05, 3.63) is 34.1 Å². The van der Waals surface area contributed by atoms with Crippen LogP contribution in [0.15, 0.2) is 22.7 Å². The first-order chi connectivity index (χ1) is 10.2. The lowest BCUT2D eigenvalue weighted by molar-refractivity contribution is 0.0276. The molecule has 3 rings (SSSR count). The zero-order valence-electron chi connectivity index (χ0n) is 12.4. The summed E-state index contributed by atoms with van der Waals surface area (Å²) in [5.74, 6) is 0.633. The Balaban J connectivity index is 1.85. The van der Waals surface area contributed by atoms with Crippen LogP contribution in [0.3, 0.4) is 0 Å². The molecule has 3 atom stereocenters. The Kier molecular flexibility index (Phi) is 4.97. The van der Waals surface area contributed by atoms with E-state index in [4.69, 9.17) is 5.73 Å².